The van der Waals surface area contributed by atoms with Crippen molar-refractivity contribution in [2.24, 2.45) is 0 Å². The second-order valence-electron chi connectivity index (χ2n) is 3.79. The molecule has 1 atom stereocenters. The van der Waals surface area contributed by atoms with Crippen LogP contribution in [-0.4, -0.2) is 13.3 Å². The van der Waals surface area contributed by atoms with Gasteiger partial charge in [-0.05, 0) is 24.5 Å². The van der Waals surface area contributed by atoms with Gasteiger partial charge in [-0.1, -0.05) is 12.1 Å². The minimum absolute atomic E-state index is 0.0326. The molecular weight excluding hydrogens is 224 g/mol. The summed E-state index contributed by atoms with van der Waals surface area (Å²) in [6, 6.07) is 4.43. The van der Waals surface area contributed by atoms with E-state index in [0.29, 0.717) is 5.56 Å². The lowest BCUT2D eigenvalue weighted by Crippen LogP contribution is -2.36. The molecule has 1 aliphatic rings. The number of rotatable bonds is 1. The maximum absolute atomic E-state index is 14.1. The van der Waals surface area contributed by atoms with Gasteiger partial charge in [-0.15, -0.1) is 0 Å². The van der Waals surface area contributed by atoms with Crippen molar-refractivity contribution >= 4 is 0 Å². The topological polar surface area (TPSA) is 9.23 Å². The lowest BCUT2D eigenvalue weighted by Gasteiger charge is -2.25. The molecule has 1 aromatic rings. The van der Waals surface area contributed by atoms with Gasteiger partial charge >= 0.3 is 6.18 Å². The predicted molar refractivity (Wildman–Crippen MR) is 50.2 cm³/mol. The van der Waals surface area contributed by atoms with Crippen molar-refractivity contribution in [1.29, 1.82) is 0 Å². The van der Waals surface area contributed by atoms with E-state index in [4.69, 9.17) is 4.74 Å². The molecule has 0 N–H and O–H groups in total. The molecule has 1 aliphatic carbocycles. The van der Waals surface area contributed by atoms with Crippen LogP contribution in [0, 0.1) is 0 Å². The number of benzene rings is 1. The van der Waals surface area contributed by atoms with Crippen molar-refractivity contribution in [3.63, 3.8) is 0 Å². The number of alkyl halides is 4. The van der Waals surface area contributed by atoms with E-state index in [1.807, 2.05) is 0 Å². The van der Waals surface area contributed by atoms with Crippen molar-refractivity contribution in [3.8, 4) is 5.75 Å². The van der Waals surface area contributed by atoms with Gasteiger partial charge in [-0.25, -0.2) is 4.39 Å². The molecule has 0 fully saturated rings. The first kappa shape index (κ1) is 11.2. The number of hydrogen-bond donors (Lipinski definition) is 0. The number of fused-ring (bicyclic) bond motifs is 1. The molecule has 0 radical (unpaired) electrons. The largest absolute Gasteiger partial charge is 0.496 e. The highest BCUT2D eigenvalue weighted by atomic mass is 19.4. The molecule has 88 valence electrons. The van der Waals surface area contributed by atoms with E-state index in [-0.39, 0.29) is 17.7 Å². The second-order valence-corrected chi connectivity index (χ2v) is 3.79. The number of ether oxygens (including phenoxy) is 1. The van der Waals surface area contributed by atoms with Gasteiger partial charge in [0.2, 0.25) is 5.67 Å². The summed E-state index contributed by atoms with van der Waals surface area (Å²) in [7, 11) is 1.24. The van der Waals surface area contributed by atoms with Crippen LogP contribution >= 0.6 is 0 Å². The molecule has 16 heavy (non-hydrogen) atoms. The third-order valence-corrected chi connectivity index (χ3v) is 2.92. The minimum Gasteiger partial charge on any atom is -0.496 e. The third-order valence-electron chi connectivity index (χ3n) is 2.92. The molecule has 0 spiro atoms. The van der Waals surface area contributed by atoms with Crippen LogP contribution in [0.15, 0.2) is 18.2 Å². The first-order valence-electron chi connectivity index (χ1n) is 4.82. The number of hydrogen-bond acceptors (Lipinski definition) is 1. The van der Waals surface area contributed by atoms with Crippen molar-refractivity contribution in [3.05, 3.63) is 29.3 Å². The first-order valence-corrected chi connectivity index (χ1v) is 4.82. The van der Waals surface area contributed by atoms with E-state index >= 15 is 0 Å². The molecule has 1 nitrogen and oxygen atoms in total. The Hall–Kier alpha value is -1.26. The summed E-state index contributed by atoms with van der Waals surface area (Å²) in [5.74, 6) is -0.0326. The van der Waals surface area contributed by atoms with E-state index in [2.05, 4.69) is 0 Å². The molecule has 1 aromatic carbocycles. The maximum atomic E-state index is 14.1. The first-order chi connectivity index (χ1) is 7.40. The highest BCUT2D eigenvalue weighted by Crippen LogP contribution is 2.53. The zero-order chi connectivity index (χ0) is 12.0. The smallest absolute Gasteiger partial charge is 0.426 e. The lowest BCUT2D eigenvalue weighted by molar-refractivity contribution is -0.235. The summed E-state index contributed by atoms with van der Waals surface area (Å²) in [5, 5.41) is 0. The summed E-state index contributed by atoms with van der Waals surface area (Å²) < 4.78 is 57.0. The van der Waals surface area contributed by atoms with E-state index in [0.717, 1.165) is 0 Å². The zero-order valence-corrected chi connectivity index (χ0v) is 8.57. The Kier molecular flexibility index (Phi) is 2.36. The molecule has 0 aromatic heterocycles. The Balaban J connectivity index is 2.61. The molecule has 0 aliphatic heterocycles. The normalized spacial score (nSPS) is 24.3. The van der Waals surface area contributed by atoms with Crippen molar-refractivity contribution in [2.45, 2.75) is 24.7 Å². The fourth-order valence-corrected chi connectivity index (χ4v) is 2.12. The monoisotopic (exact) mass is 234 g/mol. The molecule has 0 heterocycles. The van der Waals surface area contributed by atoms with Crippen molar-refractivity contribution in [2.75, 3.05) is 7.11 Å². The molecule has 1 unspecified atom stereocenters. The number of aryl methyl sites for hydroxylation is 1. The van der Waals surface area contributed by atoms with Crippen LogP contribution in [0.2, 0.25) is 0 Å². The summed E-state index contributed by atoms with van der Waals surface area (Å²) in [6.45, 7) is 0. The average Bonchev–Trinajstić information content (AvgIpc) is 2.57. The number of halogens is 4. The Morgan fingerprint density at radius 3 is 2.56 bits per heavy atom. The summed E-state index contributed by atoms with van der Waals surface area (Å²) in [6.07, 6.45) is -5.37. The maximum Gasteiger partial charge on any atom is 0.426 e. The fraction of sp³-hybridized carbons (Fsp3) is 0.455. The number of methoxy groups -OCH3 is 1. The summed E-state index contributed by atoms with van der Waals surface area (Å²) in [5.41, 5.74) is -3.25. The Labute approximate surface area is 90.0 Å². The van der Waals surface area contributed by atoms with Crippen LogP contribution in [0.4, 0.5) is 17.6 Å². The van der Waals surface area contributed by atoms with Crippen molar-refractivity contribution in [1.82, 2.24) is 0 Å². The predicted octanol–water partition coefficient (Wildman–Crippen LogP) is 3.37. The van der Waals surface area contributed by atoms with Crippen LogP contribution in [0.25, 0.3) is 0 Å². The molecule has 0 amide bonds. The highest BCUT2D eigenvalue weighted by molar-refractivity contribution is 5.48. The fourth-order valence-electron chi connectivity index (χ4n) is 2.12. The van der Waals surface area contributed by atoms with E-state index in [1.165, 1.54) is 19.2 Å². The Morgan fingerprint density at radius 1 is 1.31 bits per heavy atom. The molecular formula is C11H10F4O. The second kappa shape index (κ2) is 3.37. The Bertz CT molecular complexity index is 413. The van der Waals surface area contributed by atoms with E-state index in [1.54, 1.807) is 6.07 Å². The molecule has 0 saturated heterocycles. The van der Waals surface area contributed by atoms with Crippen LogP contribution < -0.4 is 4.74 Å². The van der Waals surface area contributed by atoms with Gasteiger partial charge in [-0.2, -0.15) is 13.2 Å². The Morgan fingerprint density at radius 2 is 2.00 bits per heavy atom. The standard InChI is InChI=1S/C11H10F4O/c1-16-8-4-2-3-7-5-6-10(12,9(7)8)11(13,14)15/h2-4H,5-6H2,1H3. The molecule has 2 rings (SSSR count). The summed E-state index contributed by atoms with van der Waals surface area (Å²) >= 11 is 0. The van der Waals surface area contributed by atoms with Gasteiger partial charge < -0.3 is 4.74 Å². The zero-order valence-electron chi connectivity index (χ0n) is 8.57. The van der Waals surface area contributed by atoms with Crippen LogP contribution in [0.5, 0.6) is 5.75 Å². The third kappa shape index (κ3) is 1.37. The van der Waals surface area contributed by atoms with Gasteiger partial charge in [-0.3, -0.25) is 0 Å². The minimum atomic E-state index is -4.90. The van der Waals surface area contributed by atoms with Crippen LogP contribution in [0.3, 0.4) is 0 Å². The van der Waals surface area contributed by atoms with Gasteiger partial charge in [0.05, 0.1) is 7.11 Å². The highest BCUT2D eigenvalue weighted by Gasteiger charge is 2.61. The van der Waals surface area contributed by atoms with E-state index in [9.17, 15) is 17.6 Å². The quantitative estimate of drug-likeness (QED) is 0.677. The summed E-state index contributed by atoms with van der Waals surface area (Å²) in [4.78, 5) is 0. The van der Waals surface area contributed by atoms with Crippen LogP contribution in [-0.2, 0) is 12.1 Å². The van der Waals surface area contributed by atoms with Crippen LogP contribution in [0.1, 0.15) is 17.5 Å². The average molecular weight is 234 g/mol. The van der Waals surface area contributed by atoms with Crippen molar-refractivity contribution < 1.29 is 22.3 Å². The molecule has 5 heteroatoms. The SMILES string of the molecule is COc1cccc2c1C(F)(C(F)(F)F)CC2. The van der Waals surface area contributed by atoms with Gasteiger partial charge in [0.1, 0.15) is 5.75 Å². The van der Waals surface area contributed by atoms with Gasteiger partial charge in [0, 0.05) is 5.56 Å². The molecule has 0 saturated carbocycles. The molecule has 0 bridgehead atoms. The van der Waals surface area contributed by atoms with Gasteiger partial charge in [0.25, 0.3) is 0 Å². The van der Waals surface area contributed by atoms with Gasteiger partial charge in [0.15, 0.2) is 0 Å². The van der Waals surface area contributed by atoms with E-state index < -0.39 is 18.3 Å². The lowest BCUT2D eigenvalue weighted by atomic mass is 9.96.